The molecule has 252 valence electrons. The monoisotopic (exact) mass is 645 g/mol. The average molecular weight is 646 g/mol. The number of benzene rings is 3. The van der Waals surface area contributed by atoms with Crippen LogP contribution in [0.4, 0.5) is 0 Å². The minimum Gasteiger partial charge on any atom is -0.493 e. The summed E-state index contributed by atoms with van der Waals surface area (Å²) in [5.74, 6) is -0.543. The van der Waals surface area contributed by atoms with Gasteiger partial charge in [-0.05, 0) is 111 Å². The Hall–Kier alpha value is -4.53. The average Bonchev–Trinajstić information content (AvgIpc) is 3.07. The summed E-state index contributed by atoms with van der Waals surface area (Å²) >= 11 is 0. The first-order valence-electron chi connectivity index (χ1n) is 16.3. The summed E-state index contributed by atoms with van der Waals surface area (Å²) in [7, 11) is 3.16. The van der Waals surface area contributed by atoms with Crippen molar-refractivity contribution in [3.63, 3.8) is 0 Å². The maximum atomic E-state index is 14.2. The lowest BCUT2D eigenvalue weighted by Crippen LogP contribution is -2.50. The van der Waals surface area contributed by atoms with Crippen LogP contribution in [0.15, 0.2) is 54.6 Å². The molecule has 0 spiro atoms. The van der Waals surface area contributed by atoms with E-state index in [0.29, 0.717) is 55.0 Å². The zero-order valence-electron chi connectivity index (χ0n) is 28.3. The molecular weight excluding hydrogens is 598 g/mol. The first-order chi connectivity index (χ1) is 22.6. The van der Waals surface area contributed by atoms with E-state index in [1.807, 2.05) is 32.0 Å². The van der Waals surface area contributed by atoms with E-state index in [2.05, 4.69) is 32.0 Å². The topological polar surface area (TPSA) is 112 Å². The van der Waals surface area contributed by atoms with Crippen molar-refractivity contribution < 1.29 is 38.4 Å². The highest BCUT2D eigenvalue weighted by Gasteiger charge is 2.38. The summed E-state index contributed by atoms with van der Waals surface area (Å²) < 4.78 is 22.8. The molecule has 0 aliphatic carbocycles. The van der Waals surface area contributed by atoms with Crippen LogP contribution in [0.5, 0.6) is 17.2 Å². The summed E-state index contributed by atoms with van der Waals surface area (Å²) in [4.78, 5) is 41.0. The molecule has 47 heavy (non-hydrogen) atoms. The van der Waals surface area contributed by atoms with Crippen molar-refractivity contribution in [3.8, 4) is 17.2 Å². The van der Waals surface area contributed by atoms with E-state index in [4.69, 9.17) is 24.1 Å². The quantitative estimate of drug-likeness (QED) is 0.189. The second-order valence-corrected chi connectivity index (χ2v) is 12.2. The number of likely N-dealkylation sites (tertiary alicyclic amines) is 1. The van der Waals surface area contributed by atoms with Gasteiger partial charge in [-0.25, -0.2) is 9.59 Å². The largest absolute Gasteiger partial charge is 0.493 e. The number of esters is 1. The third-order valence-corrected chi connectivity index (χ3v) is 8.97. The van der Waals surface area contributed by atoms with E-state index < -0.39 is 36.6 Å². The van der Waals surface area contributed by atoms with Gasteiger partial charge in [0.25, 0.3) is 0 Å². The molecule has 3 aromatic rings. The van der Waals surface area contributed by atoms with Crippen LogP contribution in [-0.2, 0) is 25.5 Å². The number of nitrogens with zero attached hydrogens (tertiary/aromatic N) is 1. The molecule has 1 heterocycles. The molecule has 9 heteroatoms. The maximum Gasteiger partial charge on any atom is 0.341 e. The number of rotatable bonds is 14. The fourth-order valence-electron chi connectivity index (χ4n) is 6.30. The molecule has 9 nitrogen and oxygen atoms in total. The number of aliphatic carboxylic acids is 1. The van der Waals surface area contributed by atoms with E-state index in [9.17, 15) is 14.4 Å². The Kier molecular flexibility index (Phi) is 12.3. The van der Waals surface area contributed by atoms with Crippen LogP contribution in [0.3, 0.4) is 0 Å². The number of ether oxygens (including phenoxy) is 4. The van der Waals surface area contributed by atoms with E-state index in [1.165, 1.54) is 11.1 Å². The van der Waals surface area contributed by atoms with Crippen molar-refractivity contribution in [1.82, 2.24) is 4.90 Å². The second-order valence-electron chi connectivity index (χ2n) is 12.2. The molecule has 0 aromatic heterocycles. The molecule has 0 saturated carbocycles. The van der Waals surface area contributed by atoms with Gasteiger partial charge in [-0.1, -0.05) is 43.3 Å². The Morgan fingerprint density at radius 3 is 2.38 bits per heavy atom. The summed E-state index contributed by atoms with van der Waals surface area (Å²) in [6.45, 7) is 8.01. The molecule has 3 atom stereocenters. The number of aryl methyl sites for hydroxylation is 4. The van der Waals surface area contributed by atoms with Crippen LogP contribution in [0.25, 0.3) is 0 Å². The molecule has 1 aliphatic rings. The van der Waals surface area contributed by atoms with Crippen molar-refractivity contribution in [3.05, 3.63) is 88.0 Å². The van der Waals surface area contributed by atoms with Gasteiger partial charge >= 0.3 is 11.9 Å². The van der Waals surface area contributed by atoms with Gasteiger partial charge in [-0.15, -0.1) is 0 Å². The van der Waals surface area contributed by atoms with Crippen LogP contribution in [0.2, 0.25) is 0 Å². The smallest absolute Gasteiger partial charge is 0.341 e. The molecule has 0 bridgehead atoms. The van der Waals surface area contributed by atoms with Gasteiger partial charge in [0.15, 0.2) is 18.1 Å². The summed E-state index contributed by atoms with van der Waals surface area (Å²) in [6, 6.07) is 16.4. The number of amides is 1. The lowest BCUT2D eigenvalue weighted by atomic mass is 9.91. The number of methoxy groups -OCH3 is 2. The van der Waals surface area contributed by atoms with E-state index in [-0.39, 0.29) is 5.91 Å². The van der Waals surface area contributed by atoms with Gasteiger partial charge in [-0.3, -0.25) is 4.79 Å². The van der Waals surface area contributed by atoms with Crippen molar-refractivity contribution in [2.75, 3.05) is 27.4 Å². The Balaban J connectivity index is 1.60. The fourth-order valence-corrected chi connectivity index (χ4v) is 6.30. The summed E-state index contributed by atoms with van der Waals surface area (Å²) in [5, 5.41) is 9.09. The standard InChI is InChI=1S/C38H47NO8/c1-7-31(29-20-26(4)36(45-6)34(22-29)44-5)37(42)39-18-9-8-13-32(39)38(43)47-33(17-16-27-15-14-24(2)25(3)19-27)28-11-10-12-30(21-28)46-23-35(40)41/h10-12,14-15,19-22,31-33H,7-9,13,16-18,23H2,1-6H3,(H,40,41)/t31-,32?,33+/m0/s1. The first-order valence-corrected chi connectivity index (χ1v) is 16.3. The Morgan fingerprint density at radius 2 is 1.70 bits per heavy atom. The first kappa shape index (κ1) is 35.3. The molecule has 1 aliphatic heterocycles. The number of carboxylic acid groups (broad SMARTS) is 1. The predicted molar refractivity (Wildman–Crippen MR) is 179 cm³/mol. The third-order valence-electron chi connectivity index (χ3n) is 8.97. The van der Waals surface area contributed by atoms with Crippen LogP contribution in [-0.4, -0.2) is 61.3 Å². The number of carbonyl (C=O) groups is 3. The number of hydrogen-bond donors (Lipinski definition) is 1. The predicted octanol–water partition coefficient (Wildman–Crippen LogP) is 6.88. The molecule has 3 aromatic carbocycles. The number of hydrogen-bond acceptors (Lipinski definition) is 7. The molecule has 1 saturated heterocycles. The molecule has 1 N–H and O–H groups in total. The van der Waals surface area contributed by atoms with E-state index >= 15 is 0 Å². The third kappa shape index (κ3) is 8.84. The highest BCUT2D eigenvalue weighted by Crippen LogP contribution is 2.37. The number of piperidine rings is 1. The van der Waals surface area contributed by atoms with Gasteiger partial charge < -0.3 is 29.0 Å². The Labute approximate surface area is 277 Å². The van der Waals surface area contributed by atoms with Crippen LogP contribution < -0.4 is 14.2 Å². The van der Waals surface area contributed by atoms with E-state index in [0.717, 1.165) is 29.5 Å². The van der Waals surface area contributed by atoms with Crippen molar-refractivity contribution in [2.45, 2.75) is 84.3 Å². The zero-order valence-corrected chi connectivity index (χ0v) is 28.3. The minimum absolute atomic E-state index is 0.114. The molecular formula is C38H47NO8. The van der Waals surface area contributed by atoms with Gasteiger partial charge in [0.1, 0.15) is 17.9 Å². The normalized spacial score (nSPS) is 15.8. The fraction of sp³-hybridized carbons (Fsp3) is 0.447. The van der Waals surface area contributed by atoms with Crippen molar-refractivity contribution in [1.29, 1.82) is 0 Å². The maximum absolute atomic E-state index is 14.2. The highest BCUT2D eigenvalue weighted by molar-refractivity contribution is 5.89. The molecule has 0 radical (unpaired) electrons. The Bertz CT molecular complexity index is 1570. The SMILES string of the molecule is CC[C@H](C(=O)N1CCCCC1C(=O)O[C@H](CCc1ccc(C)c(C)c1)c1cccc(OCC(=O)O)c1)c1cc(C)c(OC)c(OC)c1. The van der Waals surface area contributed by atoms with Crippen LogP contribution >= 0.6 is 0 Å². The van der Waals surface area contributed by atoms with Gasteiger partial charge in [0, 0.05) is 6.54 Å². The molecule has 1 amide bonds. The molecule has 4 rings (SSSR count). The van der Waals surface area contributed by atoms with Gasteiger partial charge in [-0.2, -0.15) is 0 Å². The van der Waals surface area contributed by atoms with Crippen molar-refractivity contribution >= 4 is 17.8 Å². The molecule has 1 unspecified atom stereocenters. The lowest BCUT2D eigenvalue weighted by molar-refractivity contribution is -0.162. The van der Waals surface area contributed by atoms with Gasteiger partial charge in [0.2, 0.25) is 5.91 Å². The lowest BCUT2D eigenvalue weighted by Gasteiger charge is -2.37. The van der Waals surface area contributed by atoms with E-state index in [1.54, 1.807) is 37.3 Å². The van der Waals surface area contributed by atoms with Crippen LogP contribution in [0.1, 0.15) is 84.4 Å². The highest BCUT2D eigenvalue weighted by atomic mass is 16.5. The van der Waals surface area contributed by atoms with Crippen molar-refractivity contribution in [2.24, 2.45) is 0 Å². The zero-order chi connectivity index (χ0) is 34.1. The molecule has 1 fully saturated rings. The second kappa shape index (κ2) is 16.3. The summed E-state index contributed by atoms with van der Waals surface area (Å²) in [6.07, 6.45) is 3.19. The van der Waals surface area contributed by atoms with Gasteiger partial charge in [0.05, 0.1) is 20.1 Å². The number of carboxylic acids is 1. The van der Waals surface area contributed by atoms with Crippen LogP contribution in [0, 0.1) is 20.8 Å². The minimum atomic E-state index is -1.08. The Morgan fingerprint density at radius 1 is 0.915 bits per heavy atom. The summed E-state index contributed by atoms with van der Waals surface area (Å²) in [5.41, 5.74) is 5.89. The number of carbonyl (C=O) groups excluding carboxylic acids is 2.